The first-order valence-electron chi connectivity index (χ1n) is 5.38. The quantitative estimate of drug-likeness (QED) is 0.819. The fraction of sp³-hybridized carbons (Fsp3) is 0.462. The Balaban J connectivity index is 2.76. The molecule has 0 radical (unpaired) electrons. The molecule has 0 aliphatic rings. The first-order valence-corrected chi connectivity index (χ1v) is 5.38. The van der Waals surface area contributed by atoms with Gasteiger partial charge in [0.2, 0.25) is 0 Å². The van der Waals surface area contributed by atoms with Gasteiger partial charge in [0.05, 0.1) is 0 Å². The molecule has 88 valence electrons. The molecular weight excluding hydrogens is 202 g/mol. The van der Waals surface area contributed by atoms with Crippen LogP contribution in [0.25, 0.3) is 0 Å². The van der Waals surface area contributed by atoms with Crippen LogP contribution in [0.15, 0.2) is 24.3 Å². The molecule has 1 aromatic carbocycles. The van der Waals surface area contributed by atoms with Crippen LogP contribution in [0, 0.1) is 0 Å². The van der Waals surface area contributed by atoms with Gasteiger partial charge < -0.3 is 10.8 Å². The van der Waals surface area contributed by atoms with Gasteiger partial charge >= 0.3 is 5.97 Å². The average molecular weight is 221 g/mol. The zero-order chi connectivity index (χ0) is 12.3. The molecule has 0 spiro atoms. The van der Waals surface area contributed by atoms with Crippen molar-refractivity contribution in [3.63, 3.8) is 0 Å². The van der Waals surface area contributed by atoms with Crippen LogP contribution in [0.2, 0.25) is 0 Å². The van der Waals surface area contributed by atoms with Gasteiger partial charge in [0, 0.05) is 0 Å². The Labute approximate surface area is 96.3 Å². The lowest BCUT2D eigenvalue weighted by Gasteiger charge is -2.19. The molecule has 0 aliphatic heterocycles. The topological polar surface area (TPSA) is 63.3 Å². The Bertz CT molecular complexity index is 363. The number of hydrogen-bond donors (Lipinski definition) is 2. The van der Waals surface area contributed by atoms with E-state index in [9.17, 15) is 4.79 Å². The predicted molar refractivity (Wildman–Crippen MR) is 64.5 cm³/mol. The number of carbonyl (C=O) groups is 1. The summed E-state index contributed by atoms with van der Waals surface area (Å²) in [5.41, 5.74) is 7.79. The van der Waals surface area contributed by atoms with Crippen molar-refractivity contribution in [1.29, 1.82) is 0 Å². The standard InChI is InChI=1S/C13H19NO2/c1-13(2,3)10-6-4-9(5-7-10)8-11(14)12(15)16/h4-7,11H,8,14H2,1-3H3,(H,15,16). The van der Waals surface area contributed by atoms with E-state index in [4.69, 9.17) is 10.8 Å². The molecule has 0 aromatic heterocycles. The minimum Gasteiger partial charge on any atom is -0.480 e. The van der Waals surface area contributed by atoms with Crippen molar-refractivity contribution in [2.45, 2.75) is 38.6 Å². The highest BCUT2D eigenvalue weighted by atomic mass is 16.4. The van der Waals surface area contributed by atoms with Crippen molar-refractivity contribution >= 4 is 5.97 Å². The lowest BCUT2D eigenvalue weighted by Crippen LogP contribution is -2.32. The number of benzene rings is 1. The van der Waals surface area contributed by atoms with E-state index in [1.807, 2.05) is 24.3 Å². The first kappa shape index (κ1) is 12.7. The third-order valence-corrected chi connectivity index (χ3v) is 2.59. The second-order valence-corrected chi connectivity index (χ2v) is 5.10. The summed E-state index contributed by atoms with van der Waals surface area (Å²) in [6.45, 7) is 6.43. The summed E-state index contributed by atoms with van der Waals surface area (Å²) in [5, 5.41) is 8.70. The molecule has 1 aromatic rings. The Hall–Kier alpha value is -1.35. The number of rotatable bonds is 3. The fourth-order valence-corrected chi connectivity index (χ4v) is 1.48. The van der Waals surface area contributed by atoms with E-state index < -0.39 is 12.0 Å². The molecule has 16 heavy (non-hydrogen) atoms. The number of carboxylic acid groups (broad SMARTS) is 1. The second-order valence-electron chi connectivity index (χ2n) is 5.10. The minimum absolute atomic E-state index is 0.118. The lowest BCUT2D eigenvalue weighted by molar-refractivity contribution is -0.138. The van der Waals surface area contributed by atoms with Crippen molar-refractivity contribution < 1.29 is 9.90 Å². The zero-order valence-corrected chi connectivity index (χ0v) is 10.0. The molecule has 0 heterocycles. The van der Waals surface area contributed by atoms with Gasteiger partial charge in [-0.25, -0.2) is 0 Å². The number of hydrogen-bond acceptors (Lipinski definition) is 2. The van der Waals surface area contributed by atoms with Gasteiger partial charge in [0.15, 0.2) is 0 Å². The normalized spacial score (nSPS) is 13.5. The average Bonchev–Trinajstić information content (AvgIpc) is 2.17. The van der Waals surface area contributed by atoms with Gasteiger partial charge in [-0.3, -0.25) is 4.79 Å². The maximum atomic E-state index is 10.6. The maximum Gasteiger partial charge on any atom is 0.320 e. The lowest BCUT2D eigenvalue weighted by atomic mass is 9.86. The van der Waals surface area contributed by atoms with Crippen LogP contribution in [-0.4, -0.2) is 17.1 Å². The molecule has 0 fully saturated rings. The van der Waals surface area contributed by atoms with Gasteiger partial charge in [-0.05, 0) is 23.0 Å². The van der Waals surface area contributed by atoms with Crippen LogP contribution in [0.4, 0.5) is 0 Å². The van der Waals surface area contributed by atoms with Crippen LogP contribution in [-0.2, 0) is 16.6 Å². The highest BCUT2D eigenvalue weighted by Crippen LogP contribution is 2.22. The summed E-state index contributed by atoms with van der Waals surface area (Å²) in [6, 6.07) is 7.14. The molecular formula is C13H19NO2. The number of nitrogens with two attached hydrogens (primary N) is 1. The van der Waals surface area contributed by atoms with Gasteiger partial charge in [-0.1, -0.05) is 45.0 Å². The zero-order valence-electron chi connectivity index (χ0n) is 10.0. The Morgan fingerprint density at radius 2 is 1.81 bits per heavy atom. The second kappa shape index (κ2) is 4.66. The first-order chi connectivity index (χ1) is 7.30. The van der Waals surface area contributed by atoms with Crippen LogP contribution in [0.1, 0.15) is 31.9 Å². The van der Waals surface area contributed by atoms with E-state index in [1.165, 1.54) is 5.56 Å². The van der Waals surface area contributed by atoms with Crippen molar-refractivity contribution in [3.8, 4) is 0 Å². The molecule has 0 bridgehead atoms. The Morgan fingerprint density at radius 3 is 2.19 bits per heavy atom. The van der Waals surface area contributed by atoms with Crippen molar-refractivity contribution in [2.75, 3.05) is 0 Å². The Kier molecular flexibility index (Phi) is 3.70. The van der Waals surface area contributed by atoms with Crippen molar-refractivity contribution in [2.24, 2.45) is 5.73 Å². The largest absolute Gasteiger partial charge is 0.480 e. The molecule has 3 nitrogen and oxygen atoms in total. The molecule has 0 saturated heterocycles. The molecule has 0 amide bonds. The van der Waals surface area contributed by atoms with E-state index in [-0.39, 0.29) is 5.41 Å². The van der Waals surface area contributed by atoms with Crippen LogP contribution >= 0.6 is 0 Å². The third kappa shape index (κ3) is 3.35. The fourth-order valence-electron chi connectivity index (χ4n) is 1.48. The van der Waals surface area contributed by atoms with Crippen LogP contribution in [0.5, 0.6) is 0 Å². The van der Waals surface area contributed by atoms with Gasteiger partial charge in [0.1, 0.15) is 6.04 Å². The van der Waals surface area contributed by atoms with E-state index in [1.54, 1.807) is 0 Å². The summed E-state index contributed by atoms with van der Waals surface area (Å²) in [4.78, 5) is 10.6. The van der Waals surface area contributed by atoms with Gasteiger partial charge in [0.25, 0.3) is 0 Å². The number of carboxylic acids is 1. The monoisotopic (exact) mass is 221 g/mol. The summed E-state index contributed by atoms with van der Waals surface area (Å²) < 4.78 is 0. The number of aliphatic carboxylic acids is 1. The predicted octanol–water partition coefficient (Wildman–Crippen LogP) is 1.94. The minimum atomic E-state index is -0.958. The van der Waals surface area contributed by atoms with E-state index in [2.05, 4.69) is 20.8 Å². The summed E-state index contributed by atoms with van der Waals surface area (Å²) in [6.07, 6.45) is 0.375. The molecule has 0 saturated carbocycles. The highest BCUT2D eigenvalue weighted by Gasteiger charge is 2.15. The van der Waals surface area contributed by atoms with Gasteiger partial charge in [-0.15, -0.1) is 0 Å². The van der Waals surface area contributed by atoms with Crippen LogP contribution < -0.4 is 5.73 Å². The molecule has 1 atom stereocenters. The van der Waals surface area contributed by atoms with E-state index >= 15 is 0 Å². The van der Waals surface area contributed by atoms with Crippen molar-refractivity contribution in [1.82, 2.24) is 0 Å². The summed E-state index contributed by atoms with van der Waals surface area (Å²) in [7, 11) is 0. The summed E-state index contributed by atoms with van der Waals surface area (Å²) in [5.74, 6) is -0.958. The SMILES string of the molecule is CC(C)(C)c1ccc(CC(N)C(=O)O)cc1. The molecule has 3 heteroatoms. The highest BCUT2D eigenvalue weighted by molar-refractivity contribution is 5.73. The smallest absolute Gasteiger partial charge is 0.320 e. The third-order valence-electron chi connectivity index (χ3n) is 2.59. The van der Waals surface area contributed by atoms with Crippen molar-refractivity contribution in [3.05, 3.63) is 35.4 Å². The molecule has 0 aliphatic carbocycles. The Morgan fingerprint density at radius 1 is 1.31 bits per heavy atom. The molecule has 3 N–H and O–H groups in total. The van der Waals surface area contributed by atoms with E-state index in [0.29, 0.717) is 6.42 Å². The van der Waals surface area contributed by atoms with Crippen LogP contribution in [0.3, 0.4) is 0 Å². The van der Waals surface area contributed by atoms with E-state index in [0.717, 1.165) is 5.56 Å². The molecule has 1 rings (SSSR count). The summed E-state index contributed by atoms with van der Waals surface area (Å²) >= 11 is 0. The maximum absolute atomic E-state index is 10.6. The van der Waals surface area contributed by atoms with Gasteiger partial charge in [-0.2, -0.15) is 0 Å². The molecule has 1 unspecified atom stereocenters.